The molecule has 1 unspecified atom stereocenters. The number of rotatable bonds is 3. The third-order valence-electron chi connectivity index (χ3n) is 3.76. The van der Waals surface area contributed by atoms with Crippen LogP contribution in [0.3, 0.4) is 0 Å². The minimum atomic E-state index is -0.396. The van der Waals surface area contributed by atoms with Crippen molar-refractivity contribution < 1.29 is 9.53 Å². The Kier molecular flexibility index (Phi) is 4.15. The highest BCUT2D eigenvalue weighted by Gasteiger charge is 2.33. The third-order valence-corrected chi connectivity index (χ3v) is 3.76. The van der Waals surface area contributed by atoms with Crippen LogP contribution in [0.25, 0.3) is 0 Å². The van der Waals surface area contributed by atoms with Gasteiger partial charge in [-0.1, -0.05) is 0 Å². The summed E-state index contributed by atoms with van der Waals surface area (Å²) in [6, 6.07) is 0.417. The van der Waals surface area contributed by atoms with Crippen molar-refractivity contribution in [3.63, 3.8) is 0 Å². The van der Waals surface area contributed by atoms with Gasteiger partial charge in [0.1, 0.15) is 5.60 Å². The van der Waals surface area contributed by atoms with Gasteiger partial charge in [0, 0.05) is 12.6 Å². The van der Waals surface area contributed by atoms with Crippen LogP contribution in [0.15, 0.2) is 0 Å². The summed E-state index contributed by atoms with van der Waals surface area (Å²) in [6.45, 7) is 8.76. The lowest BCUT2D eigenvalue weighted by Crippen LogP contribution is -2.48. The fourth-order valence-corrected chi connectivity index (χ4v) is 2.54. The SMILES string of the molecule is CC(C)(C)OC(=O)N(CC1CCNC1)C1CCC1. The molecule has 1 saturated heterocycles. The van der Waals surface area contributed by atoms with Gasteiger partial charge < -0.3 is 15.0 Å². The normalized spacial score (nSPS) is 24.7. The van der Waals surface area contributed by atoms with E-state index in [-0.39, 0.29) is 6.09 Å². The third kappa shape index (κ3) is 3.61. The maximum Gasteiger partial charge on any atom is 0.410 e. The second kappa shape index (κ2) is 5.47. The Morgan fingerprint density at radius 3 is 2.50 bits per heavy atom. The van der Waals surface area contributed by atoms with Crippen LogP contribution in [0.4, 0.5) is 4.79 Å². The fraction of sp³-hybridized carbons (Fsp3) is 0.929. The average molecular weight is 254 g/mol. The smallest absolute Gasteiger partial charge is 0.410 e. The largest absolute Gasteiger partial charge is 0.444 e. The van der Waals surface area contributed by atoms with Gasteiger partial charge in [-0.25, -0.2) is 4.79 Å². The van der Waals surface area contributed by atoms with Gasteiger partial charge in [-0.15, -0.1) is 0 Å². The number of hydrogen-bond donors (Lipinski definition) is 1. The topological polar surface area (TPSA) is 41.6 Å². The Morgan fingerprint density at radius 2 is 2.06 bits per heavy atom. The fourth-order valence-electron chi connectivity index (χ4n) is 2.54. The molecule has 1 heterocycles. The molecule has 4 heteroatoms. The number of nitrogens with zero attached hydrogens (tertiary/aromatic N) is 1. The number of nitrogens with one attached hydrogen (secondary N) is 1. The van der Waals surface area contributed by atoms with Gasteiger partial charge in [0.05, 0.1) is 0 Å². The second-order valence-corrected chi connectivity index (χ2v) is 6.58. The van der Waals surface area contributed by atoms with Crippen molar-refractivity contribution in [3.05, 3.63) is 0 Å². The molecule has 0 spiro atoms. The van der Waals surface area contributed by atoms with Gasteiger partial charge in [-0.05, 0) is 65.5 Å². The Bertz CT molecular complexity index is 289. The first-order valence-corrected chi connectivity index (χ1v) is 7.16. The van der Waals surface area contributed by atoms with Gasteiger partial charge in [-0.3, -0.25) is 0 Å². The zero-order chi connectivity index (χ0) is 13.2. The molecule has 1 aliphatic heterocycles. The Labute approximate surface area is 110 Å². The molecule has 0 aromatic rings. The number of ether oxygens (including phenoxy) is 1. The summed E-state index contributed by atoms with van der Waals surface area (Å²) >= 11 is 0. The zero-order valence-corrected chi connectivity index (χ0v) is 11.9. The van der Waals surface area contributed by atoms with Gasteiger partial charge in [0.15, 0.2) is 0 Å². The monoisotopic (exact) mass is 254 g/mol. The summed E-state index contributed by atoms with van der Waals surface area (Å²) in [5, 5.41) is 3.36. The molecule has 104 valence electrons. The van der Waals surface area contributed by atoms with Crippen molar-refractivity contribution in [2.24, 2.45) is 5.92 Å². The van der Waals surface area contributed by atoms with E-state index in [4.69, 9.17) is 4.74 Å². The molecule has 0 aromatic carbocycles. The molecule has 0 aromatic heterocycles. The first-order valence-electron chi connectivity index (χ1n) is 7.16. The van der Waals surface area contributed by atoms with E-state index in [0.717, 1.165) is 32.5 Å². The first kappa shape index (κ1) is 13.7. The van der Waals surface area contributed by atoms with Crippen LogP contribution in [-0.4, -0.2) is 42.3 Å². The lowest BCUT2D eigenvalue weighted by molar-refractivity contribution is 0.00351. The molecule has 1 atom stereocenters. The molecule has 1 amide bonds. The summed E-state index contributed by atoms with van der Waals surface area (Å²) in [4.78, 5) is 14.2. The van der Waals surface area contributed by atoms with Crippen molar-refractivity contribution in [3.8, 4) is 0 Å². The van der Waals surface area contributed by atoms with Crippen LogP contribution >= 0.6 is 0 Å². The molecule has 2 fully saturated rings. The molecular weight excluding hydrogens is 228 g/mol. The Balaban J connectivity index is 1.93. The van der Waals surface area contributed by atoms with Crippen molar-refractivity contribution in [2.45, 2.75) is 58.1 Å². The van der Waals surface area contributed by atoms with Crippen LogP contribution in [0.2, 0.25) is 0 Å². The van der Waals surface area contributed by atoms with E-state index >= 15 is 0 Å². The molecule has 1 N–H and O–H groups in total. The Hall–Kier alpha value is -0.770. The maximum absolute atomic E-state index is 12.3. The molecule has 0 radical (unpaired) electrons. The summed E-state index contributed by atoms with van der Waals surface area (Å²) in [5.74, 6) is 0.595. The highest BCUT2D eigenvalue weighted by Crippen LogP contribution is 2.28. The van der Waals surface area contributed by atoms with E-state index in [1.54, 1.807) is 0 Å². The van der Waals surface area contributed by atoms with E-state index in [0.29, 0.717) is 12.0 Å². The van der Waals surface area contributed by atoms with E-state index < -0.39 is 5.60 Å². The first-order chi connectivity index (χ1) is 8.46. The van der Waals surface area contributed by atoms with E-state index in [1.165, 1.54) is 12.8 Å². The van der Waals surface area contributed by atoms with Crippen LogP contribution in [0.1, 0.15) is 46.5 Å². The predicted molar refractivity (Wildman–Crippen MR) is 71.6 cm³/mol. The van der Waals surface area contributed by atoms with Crippen LogP contribution in [0.5, 0.6) is 0 Å². The Morgan fingerprint density at radius 1 is 1.33 bits per heavy atom. The van der Waals surface area contributed by atoms with Crippen molar-refractivity contribution >= 4 is 6.09 Å². The van der Waals surface area contributed by atoms with Crippen LogP contribution in [-0.2, 0) is 4.74 Å². The van der Waals surface area contributed by atoms with Crippen LogP contribution in [0, 0.1) is 5.92 Å². The van der Waals surface area contributed by atoms with E-state index in [1.807, 2.05) is 25.7 Å². The highest BCUT2D eigenvalue weighted by molar-refractivity contribution is 5.68. The number of amides is 1. The molecular formula is C14H26N2O2. The zero-order valence-electron chi connectivity index (χ0n) is 11.9. The van der Waals surface area contributed by atoms with Gasteiger partial charge in [0.2, 0.25) is 0 Å². The summed E-state index contributed by atoms with van der Waals surface area (Å²) in [6.07, 6.45) is 4.57. The quantitative estimate of drug-likeness (QED) is 0.841. The minimum absolute atomic E-state index is 0.126. The molecule has 2 rings (SSSR count). The standard InChI is InChI=1S/C14H26N2O2/c1-14(2,3)18-13(17)16(12-5-4-6-12)10-11-7-8-15-9-11/h11-12,15H,4-10H2,1-3H3. The van der Waals surface area contributed by atoms with E-state index in [9.17, 15) is 4.79 Å². The summed E-state index contributed by atoms with van der Waals surface area (Å²) < 4.78 is 5.53. The van der Waals surface area contributed by atoms with Gasteiger partial charge in [0.25, 0.3) is 0 Å². The molecule has 2 aliphatic rings. The number of carbonyl (C=O) groups excluding carboxylic acids is 1. The van der Waals surface area contributed by atoms with Gasteiger partial charge in [-0.2, -0.15) is 0 Å². The molecule has 0 bridgehead atoms. The lowest BCUT2D eigenvalue weighted by atomic mass is 9.91. The summed E-state index contributed by atoms with van der Waals surface area (Å²) in [7, 11) is 0. The van der Waals surface area contributed by atoms with Crippen molar-refractivity contribution in [2.75, 3.05) is 19.6 Å². The number of carbonyl (C=O) groups is 1. The van der Waals surface area contributed by atoms with Crippen LogP contribution < -0.4 is 5.32 Å². The second-order valence-electron chi connectivity index (χ2n) is 6.58. The molecule has 1 saturated carbocycles. The van der Waals surface area contributed by atoms with Gasteiger partial charge >= 0.3 is 6.09 Å². The van der Waals surface area contributed by atoms with Crippen molar-refractivity contribution in [1.29, 1.82) is 0 Å². The molecule has 1 aliphatic carbocycles. The predicted octanol–water partition coefficient (Wildman–Crippen LogP) is 2.39. The maximum atomic E-state index is 12.3. The molecule has 18 heavy (non-hydrogen) atoms. The number of hydrogen-bond acceptors (Lipinski definition) is 3. The molecule has 4 nitrogen and oxygen atoms in total. The highest BCUT2D eigenvalue weighted by atomic mass is 16.6. The minimum Gasteiger partial charge on any atom is -0.444 e. The van der Waals surface area contributed by atoms with Crippen molar-refractivity contribution in [1.82, 2.24) is 10.2 Å². The average Bonchev–Trinajstić information content (AvgIpc) is 2.63. The summed E-state index contributed by atoms with van der Waals surface area (Å²) in [5.41, 5.74) is -0.396. The lowest BCUT2D eigenvalue weighted by Gasteiger charge is -2.39. The van der Waals surface area contributed by atoms with E-state index in [2.05, 4.69) is 5.32 Å².